The summed E-state index contributed by atoms with van der Waals surface area (Å²) in [5.41, 5.74) is -0.277. The Bertz CT molecular complexity index is 540. The summed E-state index contributed by atoms with van der Waals surface area (Å²) in [7, 11) is 1.68. The summed E-state index contributed by atoms with van der Waals surface area (Å²) >= 11 is 0. The number of nitrogens with one attached hydrogen (secondary N) is 2. The van der Waals surface area contributed by atoms with Gasteiger partial charge in [-0.25, -0.2) is 9.78 Å². The highest BCUT2D eigenvalue weighted by molar-refractivity contribution is 5.85. The van der Waals surface area contributed by atoms with Gasteiger partial charge < -0.3 is 10.0 Å². The third-order valence-electron chi connectivity index (χ3n) is 1.61. The molecule has 0 aliphatic carbocycles. The lowest BCUT2D eigenvalue weighted by Crippen LogP contribution is -2.22. The predicted octanol–water partition coefficient (Wildman–Crippen LogP) is -1.45. The molecule has 4 N–H and O–H groups in total. The predicted molar refractivity (Wildman–Crippen MR) is 52.8 cm³/mol. The number of aryl methyl sites for hydroxylation is 1. The molecular formula is C6H9ClN4O3. The van der Waals surface area contributed by atoms with Crippen molar-refractivity contribution in [3.8, 4) is 0 Å². The molecule has 0 aliphatic heterocycles. The zero-order chi connectivity index (χ0) is 8.72. The molecule has 0 bridgehead atoms. The summed E-state index contributed by atoms with van der Waals surface area (Å²) in [6.45, 7) is 0. The van der Waals surface area contributed by atoms with Gasteiger partial charge in [0, 0.05) is 7.05 Å². The molecule has 2 heterocycles. The van der Waals surface area contributed by atoms with Gasteiger partial charge in [-0.3, -0.25) is 14.8 Å². The van der Waals surface area contributed by atoms with Crippen molar-refractivity contribution >= 4 is 23.6 Å². The molecule has 78 valence electrons. The lowest BCUT2D eigenvalue weighted by molar-refractivity contribution is 0.824. The summed E-state index contributed by atoms with van der Waals surface area (Å²) in [6.07, 6.45) is 1.47. The molecule has 0 amide bonds. The van der Waals surface area contributed by atoms with Crippen molar-refractivity contribution in [2.75, 3.05) is 0 Å². The summed E-state index contributed by atoms with van der Waals surface area (Å²) in [5.74, 6) is 0. The Morgan fingerprint density at radius 1 is 1.36 bits per heavy atom. The quantitative estimate of drug-likeness (QED) is 0.566. The van der Waals surface area contributed by atoms with Gasteiger partial charge >= 0.3 is 5.69 Å². The van der Waals surface area contributed by atoms with Crippen LogP contribution < -0.4 is 11.2 Å². The molecule has 0 aromatic carbocycles. The first-order chi connectivity index (χ1) is 5.68. The third kappa shape index (κ3) is 1.68. The minimum Gasteiger partial charge on any atom is -0.412 e. The summed E-state index contributed by atoms with van der Waals surface area (Å²) in [6, 6.07) is 0. The Kier molecular flexibility index (Phi) is 3.61. The summed E-state index contributed by atoms with van der Waals surface area (Å²) < 4.78 is 1.55. The Morgan fingerprint density at radius 2 is 2.00 bits per heavy atom. The number of nitrogens with zero attached hydrogens (tertiary/aromatic N) is 2. The van der Waals surface area contributed by atoms with Gasteiger partial charge in [0.2, 0.25) is 0 Å². The minimum atomic E-state index is -0.536. The second-order valence-electron chi connectivity index (χ2n) is 2.46. The van der Waals surface area contributed by atoms with Gasteiger partial charge in [-0.1, -0.05) is 0 Å². The first-order valence-corrected chi connectivity index (χ1v) is 3.32. The number of hydrogen-bond donors (Lipinski definition) is 2. The second-order valence-corrected chi connectivity index (χ2v) is 2.46. The van der Waals surface area contributed by atoms with E-state index < -0.39 is 11.2 Å². The molecule has 14 heavy (non-hydrogen) atoms. The van der Waals surface area contributed by atoms with Gasteiger partial charge in [0.1, 0.15) is 0 Å². The van der Waals surface area contributed by atoms with E-state index in [1.807, 2.05) is 0 Å². The lowest BCUT2D eigenvalue weighted by Gasteiger charge is -1.89. The maximum atomic E-state index is 11.1. The Balaban J connectivity index is 0.000000845. The van der Waals surface area contributed by atoms with Crippen LogP contribution in [0.15, 0.2) is 15.9 Å². The normalized spacial score (nSPS) is 9.21. The van der Waals surface area contributed by atoms with E-state index in [-0.39, 0.29) is 17.9 Å². The molecule has 7 nitrogen and oxygen atoms in total. The maximum Gasteiger partial charge on any atom is 0.327 e. The molecule has 2 aromatic heterocycles. The number of imidazole rings is 1. The van der Waals surface area contributed by atoms with Crippen LogP contribution >= 0.6 is 12.4 Å². The second kappa shape index (κ2) is 4.07. The van der Waals surface area contributed by atoms with E-state index >= 15 is 0 Å². The van der Waals surface area contributed by atoms with Crippen LogP contribution in [0.3, 0.4) is 0 Å². The first-order valence-electron chi connectivity index (χ1n) is 3.32. The van der Waals surface area contributed by atoms with Gasteiger partial charge in [-0.2, -0.15) is 0 Å². The zero-order valence-corrected chi connectivity index (χ0v) is 8.01. The standard InChI is InChI=1S/C6H6N4O2.ClH.H2O/c1-10-2-7-4-3(10)5(11)9-6(12)8-4;;/h2H,1H3,(H2,8,9,11,12);1H;1H2. The van der Waals surface area contributed by atoms with Gasteiger partial charge in [0.05, 0.1) is 6.33 Å². The van der Waals surface area contributed by atoms with E-state index in [4.69, 9.17) is 0 Å². The molecule has 8 heteroatoms. The molecule has 0 spiro atoms. The molecule has 0 fully saturated rings. The molecule has 0 saturated heterocycles. The average Bonchev–Trinajstić information content (AvgIpc) is 2.31. The molecule has 0 aliphatic rings. The van der Waals surface area contributed by atoms with E-state index in [9.17, 15) is 9.59 Å². The van der Waals surface area contributed by atoms with E-state index in [0.717, 1.165) is 0 Å². The van der Waals surface area contributed by atoms with Crippen LogP contribution in [0.1, 0.15) is 0 Å². The van der Waals surface area contributed by atoms with Crippen molar-refractivity contribution < 1.29 is 5.48 Å². The van der Waals surface area contributed by atoms with E-state index in [1.165, 1.54) is 6.33 Å². The van der Waals surface area contributed by atoms with Crippen LogP contribution in [0.5, 0.6) is 0 Å². The highest BCUT2D eigenvalue weighted by atomic mass is 35.5. The number of aromatic nitrogens is 4. The van der Waals surface area contributed by atoms with Crippen molar-refractivity contribution in [2.24, 2.45) is 7.05 Å². The van der Waals surface area contributed by atoms with Crippen molar-refractivity contribution in [1.29, 1.82) is 0 Å². The monoisotopic (exact) mass is 220 g/mol. The smallest absolute Gasteiger partial charge is 0.327 e. The van der Waals surface area contributed by atoms with Gasteiger partial charge in [-0.15, -0.1) is 12.4 Å². The van der Waals surface area contributed by atoms with Gasteiger partial charge in [-0.05, 0) is 0 Å². The highest BCUT2D eigenvalue weighted by Gasteiger charge is 2.04. The summed E-state index contributed by atoms with van der Waals surface area (Å²) in [5, 5.41) is 0. The topological polar surface area (TPSA) is 115 Å². The largest absolute Gasteiger partial charge is 0.412 e. The van der Waals surface area contributed by atoms with Crippen LogP contribution in [0.25, 0.3) is 11.2 Å². The average molecular weight is 221 g/mol. The van der Waals surface area contributed by atoms with Crippen molar-refractivity contribution in [2.45, 2.75) is 0 Å². The van der Waals surface area contributed by atoms with Gasteiger partial charge in [0.25, 0.3) is 5.56 Å². The molecule has 0 radical (unpaired) electrons. The van der Waals surface area contributed by atoms with Crippen LogP contribution in [-0.4, -0.2) is 25.0 Å². The number of hydrogen-bond acceptors (Lipinski definition) is 3. The fourth-order valence-corrected chi connectivity index (χ4v) is 1.09. The SMILES string of the molecule is Cl.Cn1cnc2[nH]c(=O)[nH]c(=O)c21.O. The third-order valence-corrected chi connectivity index (χ3v) is 1.61. The lowest BCUT2D eigenvalue weighted by atomic mass is 10.5. The minimum absolute atomic E-state index is 0. The first kappa shape index (κ1) is 12.4. The van der Waals surface area contributed by atoms with E-state index in [1.54, 1.807) is 11.6 Å². The van der Waals surface area contributed by atoms with Crippen LogP contribution in [0.2, 0.25) is 0 Å². The Labute approximate surface area is 83.5 Å². The van der Waals surface area contributed by atoms with Crippen molar-refractivity contribution in [1.82, 2.24) is 19.5 Å². The molecular weight excluding hydrogens is 212 g/mol. The summed E-state index contributed by atoms with van der Waals surface area (Å²) in [4.78, 5) is 30.2. The van der Waals surface area contributed by atoms with Crippen molar-refractivity contribution in [3.63, 3.8) is 0 Å². The Morgan fingerprint density at radius 3 is 2.64 bits per heavy atom. The maximum absolute atomic E-state index is 11.1. The molecule has 2 aromatic rings. The molecule has 0 saturated carbocycles. The number of H-pyrrole nitrogens is 2. The number of halogens is 1. The highest BCUT2D eigenvalue weighted by Crippen LogP contribution is 1.97. The van der Waals surface area contributed by atoms with Crippen LogP contribution in [-0.2, 0) is 7.05 Å². The molecule has 0 unspecified atom stereocenters. The number of aromatic amines is 2. The fourth-order valence-electron chi connectivity index (χ4n) is 1.09. The molecule has 2 rings (SSSR count). The van der Waals surface area contributed by atoms with Gasteiger partial charge in [0.15, 0.2) is 11.2 Å². The van der Waals surface area contributed by atoms with Crippen molar-refractivity contribution in [3.05, 3.63) is 27.2 Å². The van der Waals surface area contributed by atoms with E-state index in [0.29, 0.717) is 11.2 Å². The zero-order valence-electron chi connectivity index (χ0n) is 7.20. The number of fused-ring (bicyclic) bond motifs is 1. The number of rotatable bonds is 0. The Hall–Kier alpha value is -1.60. The fraction of sp³-hybridized carbons (Fsp3) is 0.167. The van der Waals surface area contributed by atoms with E-state index in [2.05, 4.69) is 15.0 Å². The molecule has 0 atom stereocenters. The van der Waals surface area contributed by atoms with Crippen LogP contribution in [0, 0.1) is 0 Å². The van der Waals surface area contributed by atoms with Crippen LogP contribution in [0.4, 0.5) is 0 Å².